The van der Waals surface area contributed by atoms with Crippen molar-refractivity contribution >= 4 is 33.2 Å². The van der Waals surface area contributed by atoms with E-state index in [1.54, 1.807) is 18.2 Å². The lowest BCUT2D eigenvalue weighted by Gasteiger charge is -2.22. The molecule has 2 N–H and O–H groups in total. The summed E-state index contributed by atoms with van der Waals surface area (Å²) in [6.45, 7) is -0.318. The van der Waals surface area contributed by atoms with Gasteiger partial charge < -0.3 is 19.5 Å². The Labute approximate surface area is 193 Å². The van der Waals surface area contributed by atoms with E-state index in [1.807, 2.05) is 0 Å². The molecule has 0 saturated heterocycles. The van der Waals surface area contributed by atoms with Gasteiger partial charge in [0.1, 0.15) is 17.2 Å². The van der Waals surface area contributed by atoms with Crippen molar-refractivity contribution in [1.82, 2.24) is 4.72 Å². The molecule has 10 heteroatoms. The van der Waals surface area contributed by atoms with Gasteiger partial charge in [-0.25, -0.2) is 13.1 Å². The Bertz CT molecular complexity index is 1050. The van der Waals surface area contributed by atoms with Gasteiger partial charge in [-0.05, 0) is 43.2 Å². The topological polar surface area (TPSA) is 103 Å². The van der Waals surface area contributed by atoms with Gasteiger partial charge >= 0.3 is 0 Å². The molecule has 0 aliphatic heterocycles. The van der Waals surface area contributed by atoms with Gasteiger partial charge in [0.2, 0.25) is 10.0 Å². The molecule has 32 heavy (non-hydrogen) atoms. The third-order valence-electron chi connectivity index (χ3n) is 5.18. The van der Waals surface area contributed by atoms with Gasteiger partial charge in [0, 0.05) is 12.1 Å². The van der Waals surface area contributed by atoms with Gasteiger partial charge in [-0.2, -0.15) is 0 Å². The van der Waals surface area contributed by atoms with Gasteiger partial charge in [-0.3, -0.25) is 4.79 Å². The summed E-state index contributed by atoms with van der Waals surface area (Å²) >= 11 is 6.22. The van der Waals surface area contributed by atoms with Crippen LogP contribution in [0.4, 0.5) is 5.69 Å². The molecule has 1 aliphatic carbocycles. The highest BCUT2D eigenvalue weighted by molar-refractivity contribution is 7.89. The molecule has 174 valence electrons. The lowest BCUT2D eigenvalue weighted by Crippen LogP contribution is -2.36. The van der Waals surface area contributed by atoms with Crippen LogP contribution < -0.4 is 24.2 Å². The van der Waals surface area contributed by atoms with Crippen LogP contribution in [-0.2, 0) is 14.8 Å². The Kier molecular flexibility index (Phi) is 8.22. The maximum Gasteiger partial charge on any atom is 0.262 e. The maximum absolute atomic E-state index is 12.6. The summed E-state index contributed by atoms with van der Waals surface area (Å²) in [4.78, 5) is 12.4. The van der Waals surface area contributed by atoms with E-state index in [4.69, 9.17) is 25.8 Å². The van der Waals surface area contributed by atoms with Crippen molar-refractivity contribution in [1.29, 1.82) is 0 Å². The number of methoxy groups -OCH3 is 2. The van der Waals surface area contributed by atoms with Crippen molar-refractivity contribution in [3.05, 3.63) is 41.4 Å². The Morgan fingerprint density at radius 2 is 1.78 bits per heavy atom. The van der Waals surface area contributed by atoms with Crippen LogP contribution in [0.2, 0.25) is 5.02 Å². The molecule has 1 fully saturated rings. The van der Waals surface area contributed by atoms with Gasteiger partial charge in [0.05, 0.1) is 29.8 Å². The molecule has 1 saturated carbocycles. The highest BCUT2D eigenvalue weighted by Crippen LogP contribution is 2.30. The molecular weight excluding hydrogens is 456 g/mol. The molecule has 2 aromatic carbocycles. The molecule has 0 radical (unpaired) electrons. The van der Waals surface area contributed by atoms with Crippen molar-refractivity contribution in [2.45, 2.75) is 43.0 Å². The second kappa shape index (κ2) is 10.9. The van der Waals surface area contributed by atoms with Crippen molar-refractivity contribution in [3.8, 4) is 17.2 Å². The van der Waals surface area contributed by atoms with Crippen molar-refractivity contribution in [2.24, 2.45) is 0 Å². The Balaban J connectivity index is 1.60. The summed E-state index contributed by atoms with van der Waals surface area (Å²) in [6.07, 6.45) is 4.84. The fourth-order valence-corrected chi connectivity index (χ4v) is 5.14. The minimum Gasteiger partial charge on any atom is -0.497 e. The Hall–Kier alpha value is -2.49. The summed E-state index contributed by atoms with van der Waals surface area (Å²) < 4.78 is 43.9. The summed E-state index contributed by atoms with van der Waals surface area (Å²) in [7, 11) is -0.658. The molecule has 0 heterocycles. The zero-order chi connectivity index (χ0) is 23.1. The number of carbonyl (C=O) groups is 1. The van der Waals surface area contributed by atoms with E-state index in [0.29, 0.717) is 17.2 Å². The van der Waals surface area contributed by atoms with Crippen molar-refractivity contribution in [3.63, 3.8) is 0 Å². The predicted molar refractivity (Wildman–Crippen MR) is 122 cm³/mol. The van der Waals surface area contributed by atoms with Crippen LogP contribution in [0.25, 0.3) is 0 Å². The van der Waals surface area contributed by atoms with Gasteiger partial charge in [0.25, 0.3) is 5.91 Å². The first kappa shape index (κ1) is 24.2. The minimum absolute atomic E-state index is 0.0536. The fraction of sp³-hybridized carbons (Fsp3) is 0.409. The van der Waals surface area contributed by atoms with Gasteiger partial charge in [-0.1, -0.05) is 30.9 Å². The van der Waals surface area contributed by atoms with Crippen LogP contribution >= 0.6 is 11.6 Å². The summed E-state index contributed by atoms with van der Waals surface area (Å²) in [5, 5.41) is 2.79. The van der Waals surface area contributed by atoms with E-state index in [1.165, 1.54) is 32.4 Å². The molecule has 8 nitrogen and oxygen atoms in total. The second-order valence-corrected chi connectivity index (χ2v) is 9.57. The average Bonchev–Trinajstić information content (AvgIpc) is 2.78. The van der Waals surface area contributed by atoms with E-state index in [2.05, 4.69) is 10.0 Å². The number of anilines is 1. The van der Waals surface area contributed by atoms with E-state index in [0.717, 1.165) is 32.1 Å². The molecule has 0 bridgehead atoms. The molecule has 0 spiro atoms. The molecule has 3 rings (SSSR count). The second-order valence-electron chi connectivity index (χ2n) is 7.45. The first-order valence-electron chi connectivity index (χ1n) is 10.3. The molecule has 1 amide bonds. The monoisotopic (exact) mass is 482 g/mol. The predicted octanol–water partition coefficient (Wildman–Crippen LogP) is 3.99. The van der Waals surface area contributed by atoms with E-state index in [9.17, 15) is 13.2 Å². The van der Waals surface area contributed by atoms with Crippen LogP contribution in [0.1, 0.15) is 32.1 Å². The molecule has 0 atom stereocenters. The summed E-state index contributed by atoms with van der Waals surface area (Å²) in [5.74, 6) is 0.812. The maximum atomic E-state index is 12.6. The highest BCUT2D eigenvalue weighted by atomic mass is 35.5. The lowest BCUT2D eigenvalue weighted by atomic mass is 9.96. The van der Waals surface area contributed by atoms with Gasteiger partial charge in [-0.15, -0.1) is 0 Å². The Morgan fingerprint density at radius 3 is 2.44 bits per heavy atom. The normalized spacial score (nSPS) is 14.6. The van der Waals surface area contributed by atoms with Crippen molar-refractivity contribution < 1.29 is 27.4 Å². The van der Waals surface area contributed by atoms with Crippen LogP contribution in [0.15, 0.2) is 41.3 Å². The number of hydrogen-bond acceptors (Lipinski definition) is 6. The zero-order valence-electron chi connectivity index (χ0n) is 18.0. The third kappa shape index (κ3) is 6.27. The number of ether oxygens (including phenoxy) is 3. The molecule has 0 aromatic heterocycles. The number of benzene rings is 2. The zero-order valence-corrected chi connectivity index (χ0v) is 19.6. The Morgan fingerprint density at radius 1 is 1.03 bits per heavy atom. The standard InChI is InChI=1S/C22H27ClN2O6S/c1-29-16-8-10-19(21(12-16)30-2)24-22(26)14-31-20-11-9-17(13-18(20)23)32(27,28)25-15-6-4-3-5-7-15/h8-13,15,25H,3-7,14H2,1-2H3,(H,24,26). The molecular formula is C22H27ClN2O6S. The van der Waals surface area contributed by atoms with Crippen LogP contribution in [0, 0.1) is 0 Å². The third-order valence-corrected chi connectivity index (χ3v) is 7.00. The number of sulfonamides is 1. The van der Waals surface area contributed by atoms with Gasteiger partial charge in [0.15, 0.2) is 6.61 Å². The number of rotatable bonds is 9. The van der Waals surface area contributed by atoms with E-state index >= 15 is 0 Å². The number of amides is 1. The van der Waals surface area contributed by atoms with Crippen LogP contribution in [-0.4, -0.2) is 41.2 Å². The highest BCUT2D eigenvalue weighted by Gasteiger charge is 2.23. The molecule has 2 aromatic rings. The SMILES string of the molecule is COc1ccc(NC(=O)COc2ccc(S(=O)(=O)NC3CCCCC3)cc2Cl)c(OC)c1. The largest absolute Gasteiger partial charge is 0.497 e. The van der Waals surface area contributed by atoms with E-state index in [-0.39, 0.29) is 28.3 Å². The number of nitrogens with one attached hydrogen (secondary N) is 2. The summed E-state index contributed by atoms with van der Waals surface area (Å²) in [5.41, 5.74) is 0.461. The first-order chi connectivity index (χ1) is 15.3. The van der Waals surface area contributed by atoms with Crippen LogP contribution in [0.3, 0.4) is 0 Å². The minimum atomic E-state index is -3.68. The number of halogens is 1. The van der Waals surface area contributed by atoms with E-state index < -0.39 is 15.9 Å². The molecule has 0 unspecified atom stereocenters. The smallest absolute Gasteiger partial charge is 0.262 e. The number of hydrogen-bond donors (Lipinski definition) is 2. The molecule has 1 aliphatic rings. The number of carbonyl (C=O) groups excluding carboxylic acids is 1. The first-order valence-corrected chi connectivity index (χ1v) is 12.1. The quantitative estimate of drug-likeness (QED) is 0.560. The van der Waals surface area contributed by atoms with Crippen molar-refractivity contribution in [2.75, 3.05) is 26.1 Å². The van der Waals surface area contributed by atoms with Crippen LogP contribution in [0.5, 0.6) is 17.2 Å². The summed E-state index contributed by atoms with van der Waals surface area (Å²) in [6, 6.07) is 9.12. The lowest BCUT2D eigenvalue weighted by molar-refractivity contribution is -0.118. The average molecular weight is 483 g/mol. The fourth-order valence-electron chi connectivity index (χ4n) is 3.51.